The Morgan fingerprint density at radius 3 is 2.71 bits per heavy atom. The van der Waals surface area contributed by atoms with Gasteiger partial charge in [-0.25, -0.2) is 9.97 Å². The van der Waals surface area contributed by atoms with Crippen LogP contribution in [0.4, 0.5) is 23.1 Å². The highest BCUT2D eigenvalue weighted by Gasteiger charge is 2.40. The van der Waals surface area contributed by atoms with Crippen LogP contribution in [0.15, 0.2) is 23.3 Å². The first-order valence-corrected chi connectivity index (χ1v) is 13.6. The standard InChI is InChI=1S/C26H30ClN7O4/c1-33-24-18(21-22(25(33)36)38-5-4-20(31-21)13-2-3-13)6-14(9-28-24)30-23-19(27)10-29-26(32-23)34-15-7-17(35)8-16(34)12-37-11-15/h6,9-10,13,15-17,20,31,35H,2-5,7-8,11-12H2,1H3,(H,29,30,32)/t15-,16+,17?,20-/m1/s1. The lowest BCUT2D eigenvalue weighted by atomic mass is 9.92. The lowest BCUT2D eigenvalue weighted by Crippen LogP contribution is -2.59. The molecule has 12 heteroatoms. The highest BCUT2D eigenvalue weighted by Crippen LogP contribution is 2.41. The van der Waals surface area contributed by atoms with Crippen LogP contribution >= 0.6 is 11.6 Å². The number of hydrogen-bond donors (Lipinski definition) is 3. The molecule has 6 heterocycles. The fourth-order valence-electron chi connectivity index (χ4n) is 6.05. The summed E-state index contributed by atoms with van der Waals surface area (Å²) in [5.41, 5.74) is 1.75. The normalized spacial score (nSPS) is 26.8. The minimum Gasteiger partial charge on any atom is -0.486 e. The molecule has 0 amide bonds. The second-order valence-electron chi connectivity index (χ2n) is 10.8. The zero-order chi connectivity index (χ0) is 26.0. The molecular weight excluding hydrogens is 510 g/mol. The van der Waals surface area contributed by atoms with Crippen molar-refractivity contribution < 1.29 is 14.6 Å². The van der Waals surface area contributed by atoms with Crippen molar-refractivity contribution in [3.05, 3.63) is 33.8 Å². The maximum absolute atomic E-state index is 13.1. The summed E-state index contributed by atoms with van der Waals surface area (Å²) in [5.74, 6) is 1.95. The van der Waals surface area contributed by atoms with E-state index < -0.39 is 0 Å². The van der Waals surface area contributed by atoms with Gasteiger partial charge >= 0.3 is 0 Å². The summed E-state index contributed by atoms with van der Waals surface area (Å²) in [7, 11) is 1.71. The molecule has 4 aliphatic rings. The summed E-state index contributed by atoms with van der Waals surface area (Å²) in [6.45, 7) is 1.56. The molecule has 2 saturated heterocycles. The molecule has 4 atom stereocenters. The molecule has 3 aliphatic heterocycles. The smallest absolute Gasteiger partial charge is 0.296 e. The molecule has 0 aromatic carbocycles. The van der Waals surface area contributed by atoms with E-state index in [-0.39, 0.29) is 29.8 Å². The molecule has 3 aromatic rings. The van der Waals surface area contributed by atoms with E-state index in [0.29, 0.717) is 78.1 Å². The molecule has 1 unspecified atom stereocenters. The van der Waals surface area contributed by atoms with Crippen molar-refractivity contribution in [3.8, 4) is 5.75 Å². The summed E-state index contributed by atoms with van der Waals surface area (Å²) in [5, 5.41) is 18.3. The van der Waals surface area contributed by atoms with E-state index >= 15 is 0 Å². The Kier molecular flexibility index (Phi) is 5.82. The van der Waals surface area contributed by atoms with Crippen LogP contribution in [0.3, 0.4) is 0 Å². The van der Waals surface area contributed by atoms with Crippen molar-refractivity contribution in [3.63, 3.8) is 0 Å². The first-order valence-electron chi connectivity index (χ1n) is 13.2. The molecule has 3 fully saturated rings. The number of anilines is 4. The Morgan fingerprint density at radius 1 is 1.16 bits per heavy atom. The third-order valence-corrected chi connectivity index (χ3v) is 8.37. The van der Waals surface area contributed by atoms with E-state index in [1.807, 2.05) is 6.07 Å². The molecule has 0 radical (unpaired) electrons. The number of nitrogens with one attached hydrogen (secondary N) is 2. The van der Waals surface area contributed by atoms with E-state index in [1.165, 1.54) is 17.4 Å². The van der Waals surface area contributed by atoms with E-state index in [1.54, 1.807) is 19.4 Å². The van der Waals surface area contributed by atoms with Gasteiger partial charge < -0.3 is 30.1 Å². The molecule has 1 aliphatic carbocycles. The van der Waals surface area contributed by atoms with Crippen LogP contribution in [0.1, 0.15) is 32.1 Å². The molecule has 3 N–H and O–H groups in total. The van der Waals surface area contributed by atoms with Crippen molar-refractivity contribution in [2.24, 2.45) is 13.0 Å². The molecule has 7 rings (SSSR count). The second kappa shape index (κ2) is 9.25. The van der Waals surface area contributed by atoms with Gasteiger partial charge in [0.15, 0.2) is 5.82 Å². The Morgan fingerprint density at radius 2 is 1.95 bits per heavy atom. The number of pyridine rings is 2. The predicted octanol–water partition coefficient (Wildman–Crippen LogP) is 2.82. The Labute approximate surface area is 224 Å². The second-order valence-corrected chi connectivity index (χ2v) is 11.2. The summed E-state index contributed by atoms with van der Waals surface area (Å²) in [6, 6.07) is 2.24. The number of piperidine rings is 1. The Balaban J connectivity index is 1.25. The number of halogens is 1. The molecule has 11 nitrogen and oxygen atoms in total. The number of aryl methyl sites for hydroxylation is 1. The van der Waals surface area contributed by atoms with Crippen LogP contribution in [0, 0.1) is 5.92 Å². The van der Waals surface area contributed by atoms with Crippen LogP contribution < -0.4 is 25.8 Å². The van der Waals surface area contributed by atoms with Crippen molar-refractivity contribution in [2.45, 2.75) is 56.3 Å². The summed E-state index contributed by atoms with van der Waals surface area (Å²) in [4.78, 5) is 29.1. The number of hydrogen-bond acceptors (Lipinski definition) is 10. The van der Waals surface area contributed by atoms with Gasteiger partial charge in [-0.1, -0.05) is 11.6 Å². The van der Waals surface area contributed by atoms with E-state index in [4.69, 9.17) is 26.1 Å². The SMILES string of the molecule is Cn1c(=O)c2c(c3cc(Nc4nc(N5[C@@H]6COC[C@H]5CC(O)C6)ncc4Cl)cnc31)N[C@@H](C1CC1)CCO2. The highest BCUT2D eigenvalue weighted by molar-refractivity contribution is 6.32. The number of nitrogens with zero attached hydrogens (tertiary/aromatic N) is 5. The summed E-state index contributed by atoms with van der Waals surface area (Å²) < 4.78 is 13.2. The van der Waals surface area contributed by atoms with Gasteiger partial charge in [-0.3, -0.25) is 9.36 Å². The van der Waals surface area contributed by atoms with Gasteiger partial charge in [-0.05, 0) is 37.7 Å². The average molecular weight is 540 g/mol. The molecule has 200 valence electrons. The van der Waals surface area contributed by atoms with Gasteiger partial charge in [-0.15, -0.1) is 0 Å². The zero-order valence-electron chi connectivity index (χ0n) is 21.1. The van der Waals surface area contributed by atoms with Gasteiger partial charge in [0.05, 0.1) is 61.8 Å². The van der Waals surface area contributed by atoms with E-state index in [2.05, 4.69) is 25.5 Å². The van der Waals surface area contributed by atoms with Crippen molar-refractivity contribution in [1.82, 2.24) is 19.5 Å². The van der Waals surface area contributed by atoms with Crippen molar-refractivity contribution in [1.29, 1.82) is 0 Å². The third kappa shape index (κ3) is 4.13. The number of aliphatic hydroxyl groups is 1. The van der Waals surface area contributed by atoms with Crippen LogP contribution in [-0.2, 0) is 11.8 Å². The fraction of sp³-hybridized carbons (Fsp3) is 0.538. The number of ether oxygens (including phenoxy) is 2. The number of aliphatic hydroxyl groups excluding tert-OH is 1. The average Bonchev–Trinajstić information content (AvgIpc) is 3.75. The quantitative estimate of drug-likeness (QED) is 0.455. The van der Waals surface area contributed by atoms with Gasteiger partial charge in [0, 0.05) is 24.9 Å². The highest BCUT2D eigenvalue weighted by atomic mass is 35.5. The molecule has 3 aromatic heterocycles. The van der Waals surface area contributed by atoms with Crippen LogP contribution in [-0.4, -0.2) is 68.7 Å². The van der Waals surface area contributed by atoms with Crippen LogP contribution in [0.2, 0.25) is 5.02 Å². The van der Waals surface area contributed by atoms with E-state index in [0.717, 1.165) is 11.8 Å². The molecular formula is C26H30ClN7O4. The van der Waals surface area contributed by atoms with Crippen molar-refractivity contribution in [2.75, 3.05) is 35.4 Å². The topological polar surface area (TPSA) is 127 Å². The molecule has 1 saturated carbocycles. The predicted molar refractivity (Wildman–Crippen MR) is 144 cm³/mol. The first-order chi connectivity index (χ1) is 18.5. The lowest BCUT2D eigenvalue weighted by Gasteiger charge is -2.47. The van der Waals surface area contributed by atoms with Crippen molar-refractivity contribution >= 4 is 45.8 Å². The minimum atomic E-state index is -0.345. The zero-order valence-corrected chi connectivity index (χ0v) is 21.8. The Hall–Kier alpha value is -3.15. The van der Waals surface area contributed by atoms with Gasteiger partial charge in [0.2, 0.25) is 11.7 Å². The lowest BCUT2D eigenvalue weighted by molar-refractivity contribution is 0.000353. The minimum absolute atomic E-state index is 0.0103. The number of rotatable bonds is 4. The van der Waals surface area contributed by atoms with Gasteiger partial charge in [-0.2, -0.15) is 4.98 Å². The van der Waals surface area contributed by atoms with Gasteiger partial charge in [0.25, 0.3) is 5.56 Å². The largest absolute Gasteiger partial charge is 0.486 e. The third-order valence-electron chi connectivity index (χ3n) is 8.10. The fourth-order valence-corrected chi connectivity index (χ4v) is 6.19. The van der Waals surface area contributed by atoms with Crippen LogP contribution in [0.5, 0.6) is 5.75 Å². The maximum Gasteiger partial charge on any atom is 0.296 e. The maximum atomic E-state index is 13.1. The first kappa shape index (κ1) is 23.9. The Bertz CT molecular complexity index is 1450. The molecule has 0 spiro atoms. The summed E-state index contributed by atoms with van der Waals surface area (Å²) >= 11 is 6.52. The number of fused-ring (bicyclic) bond motifs is 5. The summed E-state index contributed by atoms with van der Waals surface area (Å²) in [6.07, 6.45) is 7.38. The van der Waals surface area contributed by atoms with Crippen LogP contribution in [0.25, 0.3) is 11.0 Å². The monoisotopic (exact) mass is 539 g/mol. The molecule has 38 heavy (non-hydrogen) atoms. The van der Waals surface area contributed by atoms with Gasteiger partial charge in [0.1, 0.15) is 10.7 Å². The number of aromatic nitrogens is 4. The van der Waals surface area contributed by atoms with E-state index in [9.17, 15) is 9.90 Å². The molecule has 2 bridgehead atoms. The number of morpholine rings is 1.